The number of aryl methyl sites for hydroxylation is 2. The molecule has 1 rings (SSSR count). The molecule has 0 saturated carbocycles. The van der Waals surface area contributed by atoms with Crippen LogP contribution in [0, 0.1) is 5.41 Å². The second-order valence-corrected chi connectivity index (χ2v) is 6.38. The van der Waals surface area contributed by atoms with Crippen LogP contribution in [0.2, 0.25) is 0 Å². The Morgan fingerprint density at radius 1 is 1.06 bits per heavy atom. The molecule has 0 bridgehead atoms. The maximum atomic E-state index is 4.12. The van der Waals surface area contributed by atoms with Crippen molar-refractivity contribution in [3.05, 3.63) is 11.9 Å². The molecule has 1 aromatic heterocycles. The van der Waals surface area contributed by atoms with E-state index in [4.69, 9.17) is 0 Å². The molecular formula is C15H29N3. The predicted octanol–water partition coefficient (Wildman–Crippen LogP) is 4.23. The molecule has 0 radical (unpaired) electrons. The van der Waals surface area contributed by atoms with E-state index in [0.717, 1.165) is 13.0 Å². The number of rotatable bonds is 8. The Kier molecular flexibility index (Phi) is 6.37. The minimum Gasteiger partial charge on any atom is -0.249 e. The molecule has 0 spiro atoms. The predicted molar refractivity (Wildman–Crippen MR) is 76.6 cm³/mol. The van der Waals surface area contributed by atoms with Crippen LogP contribution in [-0.2, 0) is 13.0 Å². The van der Waals surface area contributed by atoms with E-state index < -0.39 is 0 Å². The Morgan fingerprint density at radius 2 is 1.72 bits per heavy atom. The van der Waals surface area contributed by atoms with Crippen molar-refractivity contribution < 1.29 is 0 Å². The molecule has 0 amide bonds. The maximum absolute atomic E-state index is 4.12. The average molecular weight is 251 g/mol. The molecule has 0 aliphatic heterocycles. The zero-order valence-corrected chi connectivity index (χ0v) is 12.6. The summed E-state index contributed by atoms with van der Waals surface area (Å²) in [7, 11) is 0. The van der Waals surface area contributed by atoms with Gasteiger partial charge in [0.2, 0.25) is 0 Å². The summed E-state index contributed by atoms with van der Waals surface area (Å²) in [5, 5.41) is 8.08. The summed E-state index contributed by atoms with van der Waals surface area (Å²) in [6, 6.07) is 0. The minimum atomic E-state index is 0.497. The fourth-order valence-electron chi connectivity index (χ4n) is 2.19. The van der Waals surface area contributed by atoms with E-state index in [2.05, 4.69) is 42.7 Å². The van der Waals surface area contributed by atoms with Crippen molar-refractivity contribution >= 4 is 0 Å². The van der Waals surface area contributed by atoms with E-state index in [-0.39, 0.29) is 0 Å². The van der Waals surface area contributed by atoms with E-state index in [1.54, 1.807) is 0 Å². The molecule has 0 N–H and O–H groups in total. The molecule has 1 aromatic rings. The van der Waals surface area contributed by atoms with Crippen LogP contribution in [-0.4, -0.2) is 15.0 Å². The summed E-state index contributed by atoms with van der Waals surface area (Å²) in [4.78, 5) is 0. The summed E-state index contributed by atoms with van der Waals surface area (Å²) in [6.07, 6.45) is 10.9. The standard InChI is InChI=1S/C15H29N3/c1-5-14-13-16-17-18(14)12-10-8-6-7-9-11-15(2,3)4/h13H,5-12H2,1-4H3. The highest BCUT2D eigenvalue weighted by Gasteiger charge is 2.08. The van der Waals surface area contributed by atoms with Crippen LogP contribution in [0.15, 0.2) is 6.20 Å². The van der Waals surface area contributed by atoms with Crippen LogP contribution in [0.4, 0.5) is 0 Å². The first kappa shape index (κ1) is 15.2. The van der Waals surface area contributed by atoms with Gasteiger partial charge in [-0.15, -0.1) is 5.10 Å². The van der Waals surface area contributed by atoms with Crippen molar-refractivity contribution in [1.29, 1.82) is 0 Å². The smallest absolute Gasteiger partial charge is 0.0725 e. The van der Waals surface area contributed by atoms with Crippen molar-refractivity contribution in [2.75, 3.05) is 0 Å². The third-order valence-electron chi connectivity index (χ3n) is 3.36. The summed E-state index contributed by atoms with van der Waals surface area (Å²) in [5.74, 6) is 0. The van der Waals surface area contributed by atoms with Crippen LogP contribution >= 0.6 is 0 Å². The van der Waals surface area contributed by atoms with Crippen molar-refractivity contribution in [3.8, 4) is 0 Å². The van der Waals surface area contributed by atoms with Crippen LogP contribution in [0.1, 0.15) is 71.9 Å². The Balaban J connectivity index is 2.02. The third-order valence-corrected chi connectivity index (χ3v) is 3.36. The van der Waals surface area contributed by atoms with Gasteiger partial charge in [-0.1, -0.05) is 58.6 Å². The second-order valence-electron chi connectivity index (χ2n) is 6.38. The molecule has 3 heteroatoms. The van der Waals surface area contributed by atoms with Gasteiger partial charge in [-0.05, 0) is 24.7 Å². The van der Waals surface area contributed by atoms with E-state index in [0.29, 0.717) is 5.41 Å². The lowest BCUT2D eigenvalue weighted by Gasteiger charge is -2.17. The normalized spacial score (nSPS) is 12.0. The lowest BCUT2D eigenvalue weighted by Crippen LogP contribution is -2.05. The molecule has 1 heterocycles. The second kappa shape index (κ2) is 7.55. The third kappa shape index (κ3) is 6.18. The molecule has 0 saturated heterocycles. The minimum absolute atomic E-state index is 0.497. The Bertz CT molecular complexity index is 323. The van der Waals surface area contributed by atoms with Crippen LogP contribution in [0.5, 0.6) is 0 Å². The number of unbranched alkanes of at least 4 members (excludes halogenated alkanes) is 4. The van der Waals surface area contributed by atoms with Gasteiger partial charge >= 0.3 is 0 Å². The molecule has 0 fully saturated rings. The molecule has 0 aromatic carbocycles. The zero-order chi connectivity index (χ0) is 13.4. The molecule has 0 aliphatic carbocycles. The number of aromatic nitrogens is 3. The Morgan fingerprint density at radius 3 is 2.39 bits per heavy atom. The lowest BCUT2D eigenvalue weighted by atomic mass is 9.89. The maximum Gasteiger partial charge on any atom is 0.0725 e. The van der Waals surface area contributed by atoms with E-state index >= 15 is 0 Å². The summed E-state index contributed by atoms with van der Waals surface area (Å²) in [6.45, 7) is 10.2. The van der Waals surface area contributed by atoms with E-state index in [1.165, 1.54) is 44.2 Å². The number of hydrogen-bond acceptors (Lipinski definition) is 2. The van der Waals surface area contributed by atoms with Crippen molar-refractivity contribution in [2.24, 2.45) is 5.41 Å². The SMILES string of the molecule is CCc1cnnn1CCCCCCCC(C)(C)C. The van der Waals surface area contributed by atoms with E-state index in [9.17, 15) is 0 Å². The number of nitrogens with zero attached hydrogens (tertiary/aromatic N) is 3. The van der Waals surface area contributed by atoms with Gasteiger partial charge in [0.15, 0.2) is 0 Å². The molecule has 0 atom stereocenters. The summed E-state index contributed by atoms with van der Waals surface area (Å²) < 4.78 is 2.05. The molecule has 0 unspecified atom stereocenters. The fourth-order valence-corrected chi connectivity index (χ4v) is 2.19. The first-order valence-corrected chi connectivity index (χ1v) is 7.40. The number of hydrogen-bond donors (Lipinski definition) is 0. The van der Waals surface area contributed by atoms with Crippen molar-refractivity contribution in [2.45, 2.75) is 79.2 Å². The van der Waals surface area contributed by atoms with E-state index in [1.807, 2.05) is 6.20 Å². The molecule has 3 nitrogen and oxygen atoms in total. The van der Waals surface area contributed by atoms with Gasteiger partial charge < -0.3 is 0 Å². The molecule has 18 heavy (non-hydrogen) atoms. The molecule has 0 aliphatic rings. The van der Waals surface area contributed by atoms with Crippen molar-refractivity contribution in [3.63, 3.8) is 0 Å². The van der Waals surface area contributed by atoms with Crippen molar-refractivity contribution in [1.82, 2.24) is 15.0 Å². The lowest BCUT2D eigenvalue weighted by molar-refractivity contribution is 0.355. The zero-order valence-electron chi connectivity index (χ0n) is 12.6. The quantitative estimate of drug-likeness (QED) is 0.647. The Hall–Kier alpha value is -0.860. The van der Waals surface area contributed by atoms with Gasteiger partial charge in [0.05, 0.1) is 11.9 Å². The molecule has 104 valence electrons. The highest BCUT2D eigenvalue weighted by atomic mass is 15.4. The van der Waals surface area contributed by atoms with Gasteiger partial charge in [-0.3, -0.25) is 0 Å². The highest BCUT2D eigenvalue weighted by Crippen LogP contribution is 2.22. The monoisotopic (exact) mass is 251 g/mol. The molecular weight excluding hydrogens is 222 g/mol. The Labute approximate surface area is 112 Å². The fraction of sp³-hybridized carbons (Fsp3) is 0.867. The average Bonchev–Trinajstić information content (AvgIpc) is 2.73. The first-order chi connectivity index (χ1) is 8.53. The summed E-state index contributed by atoms with van der Waals surface area (Å²) >= 11 is 0. The van der Waals surface area contributed by atoms with Gasteiger partial charge in [-0.25, -0.2) is 4.68 Å². The largest absolute Gasteiger partial charge is 0.249 e. The van der Waals surface area contributed by atoms with Gasteiger partial charge in [0, 0.05) is 6.54 Å². The van der Waals surface area contributed by atoms with Gasteiger partial charge in [0.1, 0.15) is 0 Å². The van der Waals surface area contributed by atoms with Crippen LogP contribution < -0.4 is 0 Å². The van der Waals surface area contributed by atoms with Crippen LogP contribution in [0.3, 0.4) is 0 Å². The highest BCUT2D eigenvalue weighted by molar-refractivity contribution is 4.92. The summed E-state index contributed by atoms with van der Waals surface area (Å²) in [5.41, 5.74) is 1.75. The van der Waals surface area contributed by atoms with Crippen LogP contribution in [0.25, 0.3) is 0 Å². The van der Waals surface area contributed by atoms with Gasteiger partial charge in [-0.2, -0.15) is 0 Å². The first-order valence-electron chi connectivity index (χ1n) is 7.40. The van der Waals surface area contributed by atoms with Gasteiger partial charge in [0.25, 0.3) is 0 Å². The topological polar surface area (TPSA) is 30.7 Å².